The minimum atomic E-state index is -0.346. The van der Waals surface area contributed by atoms with Gasteiger partial charge in [-0.05, 0) is 29.9 Å². The summed E-state index contributed by atoms with van der Waals surface area (Å²) < 4.78 is 0. The van der Waals surface area contributed by atoms with Crippen LogP contribution >= 0.6 is 11.8 Å². The molecule has 0 unspecified atom stereocenters. The molecule has 4 nitrogen and oxygen atoms in total. The largest absolute Gasteiger partial charge is 0.310 e. The topological polar surface area (TPSA) is 55.2 Å². The van der Waals surface area contributed by atoms with Gasteiger partial charge in [0.15, 0.2) is 0 Å². The molecule has 1 aliphatic rings. The molecule has 0 atom stereocenters. The van der Waals surface area contributed by atoms with Gasteiger partial charge in [0.05, 0.1) is 4.92 Å². The van der Waals surface area contributed by atoms with E-state index in [4.69, 9.17) is 0 Å². The van der Waals surface area contributed by atoms with Gasteiger partial charge in [0.1, 0.15) is 0 Å². The number of rotatable bonds is 4. The molecule has 92 valence electrons. The van der Waals surface area contributed by atoms with Crippen LogP contribution in [0.1, 0.15) is 18.4 Å². The smallest absolute Gasteiger partial charge is 0.269 e. The highest BCUT2D eigenvalue weighted by atomic mass is 32.2. The predicted molar refractivity (Wildman–Crippen MR) is 70.3 cm³/mol. The summed E-state index contributed by atoms with van der Waals surface area (Å²) in [7, 11) is 0. The summed E-state index contributed by atoms with van der Waals surface area (Å²) >= 11 is 2.00. The number of nitrogens with one attached hydrogen (secondary N) is 1. The van der Waals surface area contributed by atoms with Gasteiger partial charge in [-0.25, -0.2) is 0 Å². The summed E-state index contributed by atoms with van der Waals surface area (Å²) in [5.74, 6) is 2.43. The van der Waals surface area contributed by atoms with Crippen molar-refractivity contribution in [1.29, 1.82) is 0 Å². The Hall–Kier alpha value is -1.07. The van der Waals surface area contributed by atoms with E-state index in [1.807, 2.05) is 17.8 Å². The van der Waals surface area contributed by atoms with Crippen LogP contribution in [-0.2, 0) is 6.54 Å². The average Bonchev–Trinajstić information content (AvgIpc) is 2.38. The Morgan fingerprint density at radius 1 is 1.41 bits per heavy atom. The van der Waals surface area contributed by atoms with Gasteiger partial charge in [-0.15, -0.1) is 0 Å². The van der Waals surface area contributed by atoms with Crippen LogP contribution < -0.4 is 5.32 Å². The normalized spacial score (nSPS) is 16.9. The zero-order chi connectivity index (χ0) is 12.1. The molecular weight excluding hydrogens is 236 g/mol. The molecule has 5 heteroatoms. The van der Waals surface area contributed by atoms with Gasteiger partial charge in [-0.3, -0.25) is 10.1 Å². The van der Waals surface area contributed by atoms with E-state index in [9.17, 15) is 10.1 Å². The summed E-state index contributed by atoms with van der Waals surface area (Å²) in [6, 6.07) is 7.41. The lowest BCUT2D eigenvalue weighted by Crippen LogP contribution is -2.32. The van der Waals surface area contributed by atoms with Crippen LogP contribution in [0.15, 0.2) is 24.3 Å². The lowest BCUT2D eigenvalue weighted by Gasteiger charge is -2.22. The minimum absolute atomic E-state index is 0.170. The van der Waals surface area contributed by atoms with Gasteiger partial charge < -0.3 is 5.32 Å². The zero-order valence-corrected chi connectivity index (χ0v) is 10.4. The fourth-order valence-electron chi connectivity index (χ4n) is 1.94. The van der Waals surface area contributed by atoms with Crippen LogP contribution in [0.25, 0.3) is 0 Å². The Bertz CT molecular complexity index is 392. The van der Waals surface area contributed by atoms with Crippen molar-refractivity contribution in [3.63, 3.8) is 0 Å². The number of nitro groups is 1. The van der Waals surface area contributed by atoms with E-state index in [0.29, 0.717) is 6.04 Å². The van der Waals surface area contributed by atoms with Crippen molar-refractivity contribution in [2.45, 2.75) is 25.4 Å². The van der Waals surface area contributed by atoms with Gasteiger partial charge in [-0.1, -0.05) is 12.1 Å². The number of hydrogen-bond acceptors (Lipinski definition) is 4. The van der Waals surface area contributed by atoms with Crippen LogP contribution in [0.2, 0.25) is 0 Å². The maximum Gasteiger partial charge on any atom is 0.269 e. The number of hydrogen-bond donors (Lipinski definition) is 1. The molecule has 0 bridgehead atoms. The molecular formula is C12H16N2O2S. The molecule has 17 heavy (non-hydrogen) atoms. The summed E-state index contributed by atoms with van der Waals surface area (Å²) in [5, 5.41) is 14.1. The summed E-state index contributed by atoms with van der Waals surface area (Å²) in [6.07, 6.45) is 2.39. The van der Waals surface area contributed by atoms with Crippen LogP contribution in [-0.4, -0.2) is 22.5 Å². The number of nitrogens with zero attached hydrogens (tertiary/aromatic N) is 1. The van der Waals surface area contributed by atoms with Gasteiger partial charge in [0, 0.05) is 24.7 Å². The van der Waals surface area contributed by atoms with Crippen LogP contribution in [0, 0.1) is 10.1 Å². The Balaban J connectivity index is 1.89. The second-order valence-electron chi connectivity index (χ2n) is 4.19. The third-order valence-corrected chi connectivity index (χ3v) is 3.99. The van der Waals surface area contributed by atoms with Gasteiger partial charge >= 0.3 is 0 Å². The van der Waals surface area contributed by atoms with Crippen molar-refractivity contribution in [2.24, 2.45) is 0 Å². The number of thioether (sulfide) groups is 1. The standard InChI is InChI=1S/C12H16N2O2S/c15-14(16)12-3-1-2-10(8-12)9-13-11-4-6-17-7-5-11/h1-3,8,11,13H,4-7,9H2. The Kier molecular flexibility index (Phi) is 4.39. The molecule has 1 N–H and O–H groups in total. The summed E-state index contributed by atoms with van der Waals surface area (Å²) in [4.78, 5) is 10.3. The fraction of sp³-hybridized carbons (Fsp3) is 0.500. The first-order valence-corrected chi connectivity index (χ1v) is 6.95. The first-order chi connectivity index (χ1) is 8.25. The summed E-state index contributed by atoms with van der Waals surface area (Å²) in [5.41, 5.74) is 1.15. The van der Waals surface area contributed by atoms with Crippen LogP contribution in [0.3, 0.4) is 0 Å². The molecule has 2 rings (SSSR count). The second-order valence-corrected chi connectivity index (χ2v) is 5.42. The maximum atomic E-state index is 10.6. The number of benzene rings is 1. The van der Waals surface area contributed by atoms with Crippen molar-refractivity contribution >= 4 is 17.4 Å². The number of nitro benzene ring substituents is 1. The van der Waals surface area contributed by atoms with E-state index in [0.717, 1.165) is 12.1 Å². The molecule has 0 radical (unpaired) electrons. The van der Waals surface area contributed by atoms with Crippen molar-refractivity contribution in [3.8, 4) is 0 Å². The van der Waals surface area contributed by atoms with E-state index in [-0.39, 0.29) is 10.6 Å². The molecule has 1 aromatic rings. The SMILES string of the molecule is O=[N+]([O-])c1cccc(CNC2CCSCC2)c1. The van der Waals surface area contributed by atoms with E-state index in [1.165, 1.54) is 30.4 Å². The Labute approximate surface area is 105 Å². The fourth-order valence-corrected chi connectivity index (χ4v) is 3.05. The van der Waals surface area contributed by atoms with Crippen molar-refractivity contribution < 1.29 is 4.92 Å². The Morgan fingerprint density at radius 2 is 2.18 bits per heavy atom. The van der Waals surface area contributed by atoms with E-state index in [2.05, 4.69) is 5.32 Å². The zero-order valence-electron chi connectivity index (χ0n) is 9.59. The van der Waals surface area contributed by atoms with Gasteiger partial charge in [-0.2, -0.15) is 11.8 Å². The molecule has 1 saturated heterocycles. The van der Waals surface area contributed by atoms with Crippen LogP contribution in [0.5, 0.6) is 0 Å². The molecule has 0 saturated carbocycles. The molecule has 1 aliphatic heterocycles. The quantitative estimate of drug-likeness (QED) is 0.661. The van der Waals surface area contributed by atoms with E-state index >= 15 is 0 Å². The third-order valence-electron chi connectivity index (χ3n) is 2.94. The Morgan fingerprint density at radius 3 is 2.88 bits per heavy atom. The lowest BCUT2D eigenvalue weighted by atomic mass is 10.1. The molecule has 0 amide bonds. The van der Waals surface area contributed by atoms with Crippen molar-refractivity contribution in [3.05, 3.63) is 39.9 Å². The average molecular weight is 252 g/mol. The lowest BCUT2D eigenvalue weighted by molar-refractivity contribution is -0.384. The third kappa shape index (κ3) is 3.71. The minimum Gasteiger partial charge on any atom is -0.310 e. The highest BCUT2D eigenvalue weighted by Crippen LogP contribution is 2.18. The second kappa shape index (κ2) is 6.02. The molecule has 0 aromatic heterocycles. The molecule has 1 aromatic carbocycles. The molecule has 0 spiro atoms. The molecule has 1 fully saturated rings. The van der Waals surface area contributed by atoms with Crippen LogP contribution in [0.4, 0.5) is 5.69 Å². The number of non-ortho nitro benzene ring substituents is 1. The molecule has 1 heterocycles. The monoisotopic (exact) mass is 252 g/mol. The summed E-state index contributed by atoms with van der Waals surface area (Å²) in [6.45, 7) is 0.719. The molecule has 0 aliphatic carbocycles. The first-order valence-electron chi connectivity index (χ1n) is 5.80. The first kappa shape index (κ1) is 12.4. The van der Waals surface area contributed by atoms with Gasteiger partial charge in [0.2, 0.25) is 0 Å². The highest BCUT2D eigenvalue weighted by molar-refractivity contribution is 7.99. The predicted octanol–water partition coefficient (Wildman–Crippen LogP) is 2.58. The van der Waals surface area contributed by atoms with Crippen molar-refractivity contribution in [1.82, 2.24) is 5.32 Å². The highest BCUT2D eigenvalue weighted by Gasteiger charge is 2.13. The van der Waals surface area contributed by atoms with Crippen molar-refractivity contribution in [2.75, 3.05) is 11.5 Å². The maximum absolute atomic E-state index is 10.6. The van der Waals surface area contributed by atoms with Gasteiger partial charge in [0.25, 0.3) is 5.69 Å². The van der Waals surface area contributed by atoms with E-state index < -0.39 is 0 Å². The van der Waals surface area contributed by atoms with E-state index in [1.54, 1.807) is 12.1 Å².